The number of hydrogen-bond acceptors (Lipinski definition) is 9. The summed E-state index contributed by atoms with van der Waals surface area (Å²) in [4.78, 5) is 13.1. The number of allylic oxidation sites excluding steroid dienone is 1. The Morgan fingerprint density at radius 1 is 0.953 bits per heavy atom. The quantitative estimate of drug-likeness (QED) is 0.0873. The fraction of sp³-hybridized carbons (Fsp3) is 0.647. The topological polar surface area (TPSA) is 102 Å². The van der Waals surface area contributed by atoms with E-state index in [2.05, 4.69) is 17.9 Å². The van der Waals surface area contributed by atoms with Crippen molar-refractivity contribution in [1.82, 2.24) is 0 Å². The molecule has 0 aromatic heterocycles. The first kappa shape index (κ1) is 33.2. The summed E-state index contributed by atoms with van der Waals surface area (Å²) in [6.45, 7) is 1.73. The second kappa shape index (κ2) is 17.6. The van der Waals surface area contributed by atoms with Crippen LogP contribution >= 0.6 is 0 Å². The Bertz CT molecular complexity index is 1030. The van der Waals surface area contributed by atoms with Gasteiger partial charge in [-0.3, -0.25) is 0 Å². The third kappa shape index (κ3) is 10.2. The van der Waals surface area contributed by atoms with Gasteiger partial charge >= 0.3 is 5.97 Å². The number of rotatable bonds is 15. The van der Waals surface area contributed by atoms with Crippen molar-refractivity contribution in [3.05, 3.63) is 54.3 Å². The number of carbonyl (C=O) groups excluding carboxylic acids is 1. The van der Waals surface area contributed by atoms with Crippen molar-refractivity contribution in [2.45, 2.75) is 95.1 Å². The van der Waals surface area contributed by atoms with Gasteiger partial charge in [0, 0.05) is 19.6 Å². The lowest BCUT2D eigenvalue weighted by molar-refractivity contribution is -0.350. The lowest BCUT2D eigenvalue weighted by Crippen LogP contribution is -2.51. The molecule has 1 N–H and O–H groups in total. The van der Waals surface area contributed by atoms with E-state index < -0.39 is 24.3 Å². The molecule has 2 aliphatic heterocycles. The van der Waals surface area contributed by atoms with E-state index >= 15 is 0 Å². The monoisotopic (exact) mass is 600 g/mol. The zero-order valence-corrected chi connectivity index (χ0v) is 25.6. The highest BCUT2D eigenvalue weighted by Crippen LogP contribution is 2.36. The first-order valence-electron chi connectivity index (χ1n) is 15.7. The van der Waals surface area contributed by atoms with Crippen molar-refractivity contribution < 1.29 is 43.1 Å². The van der Waals surface area contributed by atoms with Gasteiger partial charge in [0.2, 0.25) is 0 Å². The summed E-state index contributed by atoms with van der Waals surface area (Å²) in [7, 11) is 2.97. The van der Waals surface area contributed by atoms with Gasteiger partial charge in [0.1, 0.15) is 11.5 Å². The molecule has 1 aromatic rings. The van der Waals surface area contributed by atoms with Crippen LogP contribution in [-0.4, -0.2) is 69.6 Å². The maximum Gasteiger partial charge on any atom is 0.367 e. The van der Waals surface area contributed by atoms with Crippen LogP contribution in [0.15, 0.2) is 54.3 Å². The molecule has 0 amide bonds. The van der Waals surface area contributed by atoms with Crippen molar-refractivity contribution in [2.24, 2.45) is 11.8 Å². The molecular weight excluding hydrogens is 552 g/mol. The second-order valence-electron chi connectivity index (χ2n) is 11.3. The normalized spacial score (nSPS) is 27.2. The smallest absolute Gasteiger partial charge is 0.367 e. The van der Waals surface area contributed by atoms with E-state index in [1.54, 1.807) is 13.2 Å². The van der Waals surface area contributed by atoms with Gasteiger partial charge in [0.15, 0.2) is 12.6 Å². The highest BCUT2D eigenvalue weighted by atomic mass is 16.8. The fourth-order valence-corrected chi connectivity index (χ4v) is 5.81. The third-order valence-electron chi connectivity index (χ3n) is 8.25. The molecule has 0 radical (unpaired) electrons. The minimum atomic E-state index is -1.69. The van der Waals surface area contributed by atoms with Gasteiger partial charge in [-0.1, -0.05) is 12.2 Å². The lowest BCUT2D eigenvalue weighted by atomic mass is 9.91. The van der Waals surface area contributed by atoms with Crippen LogP contribution < -0.4 is 9.47 Å². The molecule has 3 aliphatic rings. The summed E-state index contributed by atoms with van der Waals surface area (Å²) in [5, 5.41) is 10.7. The number of methoxy groups -OCH3 is 2. The van der Waals surface area contributed by atoms with Gasteiger partial charge in [-0.05, 0) is 112 Å². The Kier molecular flexibility index (Phi) is 13.6. The Hall–Kier alpha value is -2.65. The zero-order valence-electron chi connectivity index (χ0n) is 25.6. The molecule has 2 saturated heterocycles. The average Bonchev–Trinajstić information content (AvgIpc) is 3.39. The summed E-state index contributed by atoms with van der Waals surface area (Å²) in [5.41, 5.74) is 3.20. The van der Waals surface area contributed by atoms with E-state index in [4.69, 9.17) is 33.2 Å². The fourth-order valence-electron chi connectivity index (χ4n) is 5.81. The number of aliphatic hydroxyl groups is 1. The lowest BCUT2D eigenvalue weighted by Gasteiger charge is -2.38. The molecule has 238 valence electrons. The first-order chi connectivity index (χ1) is 21.0. The number of benzene rings is 1. The van der Waals surface area contributed by atoms with E-state index in [0.29, 0.717) is 39.1 Å². The number of esters is 1. The molecule has 5 atom stereocenters. The average molecular weight is 601 g/mol. The molecule has 1 saturated carbocycles. The van der Waals surface area contributed by atoms with Crippen molar-refractivity contribution in [2.75, 3.05) is 34.0 Å². The van der Waals surface area contributed by atoms with Gasteiger partial charge in [0.25, 0.3) is 5.79 Å². The molecule has 2 heterocycles. The minimum absolute atomic E-state index is 0.0979. The largest absolute Gasteiger partial charge is 0.497 e. The maximum atomic E-state index is 13.1. The Balaban J connectivity index is 1.33. The highest BCUT2D eigenvalue weighted by molar-refractivity contribution is 5.78. The Morgan fingerprint density at radius 2 is 1.63 bits per heavy atom. The van der Waals surface area contributed by atoms with Crippen LogP contribution in [0.1, 0.15) is 70.6 Å². The maximum absolute atomic E-state index is 13.1. The molecule has 1 aromatic carbocycles. The Morgan fingerprint density at radius 3 is 2.23 bits per heavy atom. The Labute approximate surface area is 255 Å². The van der Waals surface area contributed by atoms with Gasteiger partial charge in [-0.2, -0.15) is 0 Å². The van der Waals surface area contributed by atoms with Crippen LogP contribution in [0.5, 0.6) is 11.5 Å². The molecule has 0 spiro atoms. The van der Waals surface area contributed by atoms with Crippen LogP contribution in [0.3, 0.4) is 0 Å². The summed E-state index contributed by atoms with van der Waals surface area (Å²) in [6, 6.07) is 7.55. The van der Waals surface area contributed by atoms with Crippen LogP contribution in [-0.2, 0) is 28.5 Å². The summed E-state index contributed by atoms with van der Waals surface area (Å²) < 4.78 is 40.1. The molecule has 1 aliphatic carbocycles. The predicted molar refractivity (Wildman–Crippen MR) is 160 cm³/mol. The molecule has 4 rings (SSSR count). The van der Waals surface area contributed by atoms with Gasteiger partial charge in [0.05, 0.1) is 26.9 Å². The van der Waals surface area contributed by atoms with E-state index in [-0.39, 0.29) is 24.4 Å². The molecular formula is C34H48O9. The predicted octanol–water partition coefficient (Wildman–Crippen LogP) is 5.85. The number of hydrogen-bond donors (Lipinski definition) is 1. The second-order valence-corrected chi connectivity index (χ2v) is 11.3. The summed E-state index contributed by atoms with van der Waals surface area (Å²) in [6.07, 6.45) is 15.0. The molecule has 43 heavy (non-hydrogen) atoms. The van der Waals surface area contributed by atoms with Gasteiger partial charge in [-0.15, -0.1) is 5.73 Å². The molecule has 2 unspecified atom stereocenters. The van der Waals surface area contributed by atoms with E-state index in [1.807, 2.05) is 30.3 Å². The van der Waals surface area contributed by atoms with Crippen LogP contribution in [0.25, 0.3) is 0 Å². The van der Waals surface area contributed by atoms with Gasteiger partial charge < -0.3 is 38.3 Å². The van der Waals surface area contributed by atoms with E-state index in [0.717, 1.165) is 56.4 Å². The van der Waals surface area contributed by atoms with E-state index in [1.165, 1.54) is 7.11 Å². The highest BCUT2D eigenvalue weighted by Gasteiger charge is 2.47. The number of ether oxygens (including phenoxy) is 7. The standard InChI is InChI=1S/C34H48O9/c1-37-27-17-19-28(20-18-27)39-23-9-5-12-26-16-21-30(35)29(26)13-4-3-8-22-34(33(36)38-2,42-31-14-6-10-24-40-31)43-32-15-7-11-25-41-32/h4-5,8,12,17-20,26,29-32,35H,6-7,9-11,13-16,21-25H2,1-2H3/b12-5+/t3?,26-,29+,30-,31?,32?,34?/m0/s1. The van der Waals surface area contributed by atoms with Crippen LogP contribution in [0.2, 0.25) is 0 Å². The van der Waals surface area contributed by atoms with Crippen molar-refractivity contribution in [3.63, 3.8) is 0 Å². The minimum Gasteiger partial charge on any atom is -0.497 e. The molecule has 9 nitrogen and oxygen atoms in total. The molecule has 9 heteroatoms. The van der Waals surface area contributed by atoms with Gasteiger partial charge in [-0.25, -0.2) is 4.79 Å². The van der Waals surface area contributed by atoms with Crippen molar-refractivity contribution in [3.8, 4) is 11.5 Å². The van der Waals surface area contributed by atoms with Crippen molar-refractivity contribution in [1.29, 1.82) is 0 Å². The third-order valence-corrected chi connectivity index (χ3v) is 8.25. The van der Waals surface area contributed by atoms with Crippen LogP contribution in [0.4, 0.5) is 0 Å². The summed E-state index contributed by atoms with van der Waals surface area (Å²) >= 11 is 0. The SMILES string of the molecule is COC(=O)C(CC=C=CC[C@H]1[C@@H](O)CC[C@@H]1/C=C/CCOc1ccc(OC)cc1)(OC1CCCCO1)OC1CCCCO1. The van der Waals surface area contributed by atoms with Crippen molar-refractivity contribution >= 4 is 5.97 Å². The molecule has 3 fully saturated rings. The number of aliphatic hydroxyl groups excluding tert-OH is 1. The molecule has 0 bridgehead atoms. The number of carbonyl (C=O) groups is 1. The van der Waals surface area contributed by atoms with Crippen LogP contribution in [0, 0.1) is 11.8 Å². The summed E-state index contributed by atoms with van der Waals surface area (Å²) in [5.74, 6) is -0.322. The zero-order chi connectivity index (χ0) is 30.3. The van der Waals surface area contributed by atoms with E-state index in [9.17, 15) is 9.90 Å². The first-order valence-corrected chi connectivity index (χ1v) is 15.7.